The fourth-order valence-electron chi connectivity index (χ4n) is 1.77. The van der Waals surface area contributed by atoms with Crippen LogP contribution in [0.5, 0.6) is 5.75 Å². The monoisotopic (exact) mass is 297 g/mol. The van der Waals surface area contributed by atoms with Crippen LogP contribution < -0.4 is 10.1 Å². The molecule has 1 atom stereocenters. The Balaban J connectivity index is 2.23. The summed E-state index contributed by atoms with van der Waals surface area (Å²) < 4.78 is 18.2. The van der Waals surface area contributed by atoms with Crippen LogP contribution in [-0.2, 0) is 9.59 Å². The fraction of sp³-hybridized carbons (Fsp3) is 0.467. The van der Waals surface area contributed by atoms with Crippen LogP contribution in [0, 0.1) is 11.7 Å². The van der Waals surface area contributed by atoms with E-state index in [1.807, 2.05) is 6.92 Å². The molecule has 1 rings (SSSR count). The average Bonchev–Trinajstić information content (AvgIpc) is 2.43. The van der Waals surface area contributed by atoms with Crippen molar-refractivity contribution in [3.63, 3.8) is 0 Å². The minimum atomic E-state index is -0.870. The molecule has 0 spiro atoms. The van der Waals surface area contributed by atoms with E-state index in [-0.39, 0.29) is 31.3 Å². The van der Waals surface area contributed by atoms with Crippen LogP contribution in [0.2, 0.25) is 0 Å². The number of aliphatic carboxylic acids is 1. The molecule has 0 saturated heterocycles. The second-order valence-electron chi connectivity index (χ2n) is 4.73. The Morgan fingerprint density at radius 2 is 2.19 bits per heavy atom. The number of benzene rings is 1. The van der Waals surface area contributed by atoms with Crippen molar-refractivity contribution >= 4 is 11.9 Å². The Labute approximate surface area is 123 Å². The molecule has 1 aromatic carbocycles. The molecule has 0 saturated carbocycles. The van der Waals surface area contributed by atoms with Crippen molar-refractivity contribution in [2.75, 3.05) is 13.2 Å². The molecule has 1 amide bonds. The summed E-state index contributed by atoms with van der Waals surface area (Å²) >= 11 is 0. The SMILES string of the molecule is CCC(CNC(=O)CCOc1cccc(F)c1)CC(=O)O. The standard InChI is InChI=1S/C15H20FNO4/c1-2-11(8-15(19)20)10-17-14(18)6-7-21-13-5-3-4-12(16)9-13/h3-5,9,11H,2,6-8,10H2,1H3,(H,17,18)(H,19,20). The summed E-state index contributed by atoms with van der Waals surface area (Å²) in [7, 11) is 0. The number of carbonyl (C=O) groups is 2. The second kappa shape index (κ2) is 8.94. The summed E-state index contributed by atoms with van der Waals surface area (Å²) in [5, 5.41) is 11.4. The number of hydrogen-bond donors (Lipinski definition) is 2. The molecule has 6 heteroatoms. The Morgan fingerprint density at radius 1 is 1.43 bits per heavy atom. The zero-order valence-electron chi connectivity index (χ0n) is 12.0. The van der Waals surface area contributed by atoms with Gasteiger partial charge in [0.05, 0.1) is 13.0 Å². The maximum Gasteiger partial charge on any atom is 0.303 e. The van der Waals surface area contributed by atoms with Gasteiger partial charge < -0.3 is 15.2 Å². The largest absolute Gasteiger partial charge is 0.493 e. The van der Waals surface area contributed by atoms with E-state index in [9.17, 15) is 14.0 Å². The highest BCUT2D eigenvalue weighted by molar-refractivity contribution is 5.76. The Morgan fingerprint density at radius 3 is 2.81 bits per heavy atom. The number of carboxylic acids is 1. The molecule has 0 aromatic heterocycles. The topological polar surface area (TPSA) is 75.6 Å². The van der Waals surface area contributed by atoms with Gasteiger partial charge in [0.2, 0.25) is 5.91 Å². The summed E-state index contributed by atoms with van der Waals surface area (Å²) in [6, 6.07) is 5.70. The number of hydrogen-bond acceptors (Lipinski definition) is 3. The average molecular weight is 297 g/mol. The predicted octanol–water partition coefficient (Wildman–Crippen LogP) is 2.21. The van der Waals surface area contributed by atoms with Gasteiger partial charge in [-0.05, 0) is 18.1 Å². The van der Waals surface area contributed by atoms with E-state index in [1.165, 1.54) is 18.2 Å². The molecule has 0 radical (unpaired) electrons. The van der Waals surface area contributed by atoms with Crippen LogP contribution in [0.1, 0.15) is 26.2 Å². The van der Waals surface area contributed by atoms with Crippen molar-refractivity contribution in [1.82, 2.24) is 5.32 Å². The number of halogens is 1. The third-order valence-electron chi connectivity index (χ3n) is 3.02. The molecule has 5 nitrogen and oxygen atoms in total. The van der Waals surface area contributed by atoms with Gasteiger partial charge in [-0.3, -0.25) is 9.59 Å². The van der Waals surface area contributed by atoms with Gasteiger partial charge in [-0.1, -0.05) is 19.4 Å². The van der Waals surface area contributed by atoms with Crippen molar-refractivity contribution in [3.05, 3.63) is 30.1 Å². The molecule has 0 aliphatic rings. The smallest absolute Gasteiger partial charge is 0.303 e. The Bertz CT molecular complexity index is 478. The molecule has 116 valence electrons. The molecule has 21 heavy (non-hydrogen) atoms. The van der Waals surface area contributed by atoms with Crippen LogP contribution in [0.3, 0.4) is 0 Å². The quantitative estimate of drug-likeness (QED) is 0.733. The van der Waals surface area contributed by atoms with Gasteiger partial charge in [-0.25, -0.2) is 4.39 Å². The number of rotatable bonds is 9. The Kier molecular flexibility index (Phi) is 7.21. The second-order valence-corrected chi connectivity index (χ2v) is 4.73. The minimum Gasteiger partial charge on any atom is -0.493 e. The number of ether oxygens (including phenoxy) is 1. The lowest BCUT2D eigenvalue weighted by molar-refractivity contribution is -0.138. The normalized spacial score (nSPS) is 11.7. The van der Waals surface area contributed by atoms with Gasteiger partial charge in [0.1, 0.15) is 11.6 Å². The first-order chi connectivity index (χ1) is 10.0. The summed E-state index contributed by atoms with van der Waals surface area (Å²) in [6.07, 6.45) is 0.864. The van der Waals surface area contributed by atoms with E-state index in [0.29, 0.717) is 18.7 Å². The fourth-order valence-corrected chi connectivity index (χ4v) is 1.77. The summed E-state index contributed by atoms with van der Waals surface area (Å²) in [4.78, 5) is 22.2. The molecule has 0 fully saturated rings. The third-order valence-corrected chi connectivity index (χ3v) is 3.02. The minimum absolute atomic E-state index is 0.0383. The van der Waals surface area contributed by atoms with Gasteiger partial charge >= 0.3 is 5.97 Å². The lowest BCUT2D eigenvalue weighted by atomic mass is 10.0. The van der Waals surface area contributed by atoms with E-state index in [2.05, 4.69) is 5.32 Å². The summed E-state index contributed by atoms with van der Waals surface area (Å²) in [5.74, 6) is -1.17. The third kappa shape index (κ3) is 7.29. The molecule has 1 aromatic rings. The first-order valence-electron chi connectivity index (χ1n) is 6.88. The van der Waals surface area contributed by atoms with Crippen LogP contribution in [0.15, 0.2) is 24.3 Å². The summed E-state index contributed by atoms with van der Waals surface area (Å²) in [5.41, 5.74) is 0. The van der Waals surface area contributed by atoms with Crippen LogP contribution in [-0.4, -0.2) is 30.1 Å². The van der Waals surface area contributed by atoms with Gasteiger partial charge in [0, 0.05) is 19.0 Å². The zero-order chi connectivity index (χ0) is 15.7. The van der Waals surface area contributed by atoms with Crippen LogP contribution in [0.4, 0.5) is 4.39 Å². The lowest BCUT2D eigenvalue weighted by Crippen LogP contribution is -2.31. The van der Waals surface area contributed by atoms with Crippen LogP contribution >= 0.6 is 0 Å². The molecule has 1 unspecified atom stereocenters. The van der Waals surface area contributed by atoms with Gasteiger partial charge in [0.15, 0.2) is 0 Å². The molecule has 0 aliphatic carbocycles. The molecule has 0 bridgehead atoms. The van der Waals surface area contributed by atoms with E-state index >= 15 is 0 Å². The van der Waals surface area contributed by atoms with Crippen molar-refractivity contribution in [2.24, 2.45) is 5.92 Å². The first-order valence-corrected chi connectivity index (χ1v) is 6.88. The number of carbonyl (C=O) groups excluding carboxylic acids is 1. The molecular formula is C15H20FNO4. The molecule has 0 heterocycles. The highest BCUT2D eigenvalue weighted by Gasteiger charge is 2.12. The van der Waals surface area contributed by atoms with Gasteiger partial charge in [-0.15, -0.1) is 0 Å². The number of nitrogens with one attached hydrogen (secondary N) is 1. The number of carboxylic acid groups (broad SMARTS) is 1. The van der Waals surface area contributed by atoms with Crippen molar-refractivity contribution < 1.29 is 23.8 Å². The van der Waals surface area contributed by atoms with Gasteiger partial charge in [-0.2, -0.15) is 0 Å². The van der Waals surface area contributed by atoms with Crippen molar-refractivity contribution in [2.45, 2.75) is 26.2 Å². The van der Waals surface area contributed by atoms with E-state index in [0.717, 1.165) is 0 Å². The van der Waals surface area contributed by atoms with Crippen molar-refractivity contribution in [3.8, 4) is 5.75 Å². The maximum atomic E-state index is 12.9. The van der Waals surface area contributed by atoms with E-state index in [4.69, 9.17) is 9.84 Å². The van der Waals surface area contributed by atoms with Crippen LogP contribution in [0.25, 0.3) is 0 Å². The first kappa shape index (κ1) is 16.9. The van der Waals surface area contributed by atoms with E-state index in [1.54, 1.807) is 6.07 Å². The highest BCUT2D eigenvalue weighted by atomic mass is 19.1. The number of amides is 1. The molecular weight excluding hydrogens is 277 g/mol. The van der Waals surface area contributed by atoms with Gasteiger partial charge in [0.25, 0.3) is 0 Å². The lowest BCUT2D eigenvalue weighted by Gasteiger charge is -2.13. The zero-order valence-corrected chi connectivity index (χ0v) is 12.0. The highest BCUT2D eigenvalue weighted by Crippen LogP contribution is 2.12. The maximum absolute atomic E-state index is 12.9. The molecule has 0 aliphatic heterocycles. The van der Waals surface area contributed by atoms with E-state index < -0.39 is 11.8 Å². The Hall–Kier alpha value is -2.11. The van der Waals surface area contributed by atoms with Crippen molar-refractivity contribution in [1.29, 1.82) is 0 Å². The molecule has 2 N–H and O–H groups in total. The summed E-state index contributed by atoms with van der Waals surface area (Å²) in [6.45, 7) is 2.36. The predicted molar refractivity (Wildman–Crippen MR) is 75.6 cm³/mol.